The summed E-state index contributed by atoms with van der Waals surface area (Å²) in [4.78, 5) is 27.1. The summed E-state index contributed by atoms with van der Waals surface area (Å²) in [6.45, 7) is 12.1. The first-order chi connectivity index (χ1) is 25.9. The van der Waals surface area contributed by atoms with Crippen LogP contribution in [0.15, 0.2) is 43.0 Å². The van der Waals surface area contributed by atoms with Crippen molar-refractivity contribution < 1.29 is 62.1 Å². The normalized spacial score (nSPS) is 31.1. The molecule has 3 aliphatic heterocycles. The van der Waals surface area contributed by atoms with Gasteiger partial charge < -0.3 is 63.5 Å². The van der Waals surface area contributed by atoms with E-state index in [1.54, 1.807) is 38.1 Å². The van der Waals surface area contributed by atoms with Crippen LogP contribution in [0.5, 0.6) is 0 Å². The second-order valence-corrected chi connectivity index (χ2v) is 19.2. The molecule has 1 aromatic carbocycles. The van der Waals surface area contributed by atoms with E-state index in [0.717, 1.165) is 5.56 Å². The first-order valence-corrected chi connectivity index (χ1v) is 19.7. The number of amides is 1. The molecular weight excluding hydrogens is 869 g/mol. The molecule has 21 heteroatoms. The summed E-state index contributed by atoms with van der Waals surface area (Å²) >= 11 is 36.5. The molecule has 0 aromatic heterocycles. The van der Waals surface area contributed by atoms with Gasteiger partial charge in [0.15, 0.2) is 35.7 Å². The molecule has 3 saturated heterocycles. The van der Waals surface area contributed by atoms with Crippen LogP contribution in [0, 0.1) is 0 Å². The Hall–Kier alpha value is -1.12. The molecule has 0 unspecified atom stereocenters. The zero-order chi connectivity index (χ0) is 41.9. The van der Waals surface area contributed by atoms with Gasteiger partial charge in [-0.25, -0.2) is 9.59 Å². The van der Waals surface area contributed by atoms with E-state index in [0.29, 0.717) is 0 Å². The van der Waals surface area contributed by atoms with Gasteiger partial charge in [-0.3, -0.25) is 0 Å². The fourth-order valence-electron chi connectivity index (χ4n) is 5.67. The van der Waals surface area contributed by atoms with Crippen molar-refractivity contribution in [3.8, 4) is 0 Å². The maximum Gasteiger partial charge on any atom is 0.509 e. The van der Waals surface area contributed by atoms with Gasteiger partial charge >= 0.3 is 12.2 Å². The van der Waals surface area contributed by atoms with Crippen LogP contribution in [0.2, 0.25) is 0 Å². The fraction of sp³-hybridized carbons (Fsp3) is 0.714. The number of nitrogens with one attached hydrogen (secondary N) is 1. The largest absolute Gasteiger partial charge is 0.509 e. The highest BCUT2D eigenvalue weighted by Gasteiger charge is 2.55. The predicted molar refractivity (Wildman–Crippen MR) is 207 cm³/mol. The molecule has 56 heavy (non-hydrogen) atoms. The number of halogens is 6. The lowest BCUT2D eigenvalue weighted by atomic mass is 9.95. The van der Waals surface area contributed by atoms with Crippen molar-refractivity contribution >= 4 is 81.9 Å². The minimum atomic E-state index is -2.09. The summed E-state index contributed by atoms with van der Waals surface area (Å²) in [7, 11) is 0. The van der Waals surface area contributed by atoms with E-state index in [9.17, 15) is 14.7 Å². The first-order valence-electron chi connectivity index (χ1n) is 17.4. The van der Waals surface area contributed by atoms with Crippen molar-refractivity contribution in [1.82, 2.24) is 5.32 Å². The number of hydrogen-bond donors (Lipinski definition) is 3. The molecule has 0 bridgehead atoms. The highest BCUT2D eigenvalue weighted by atomic mass is 35.6. The van der Waals surface area contributed by atoms with Crippen LogP contribution < -0.4 is 11.1 Å². The lowest BCUT2D eigenvalue weighted by Gasteiger charge is -2.49. The summed E-state index contributed by atoms with van der Waals surface area (Å²) in [5.74, 6) is -0.976. The van der Waals surface area contributed by atoms with Crippen LogP contribution >= 0.6 is 69.6 Å². The van der Waals surface area contributed by atoms with Gasteiger partial charge in [0, 0.05) is 0 Å². The number of benzene rings is 1. The third kappa shape index (κ3) is 12.2. The molecule has 0 spiro atoms. The summed E-state index contributed by atoms with van der Waals surface area (Å²) in [5, 5.41) is 13.7. The standard InChI is InChI=1S/C35H48Cl6N2O13/c1-8-14-47-28-22(43-29(45)55-31(2,3)34(36,37)38)26(53-30(46)56-32(4,5)35(39,40)41)25(48-15-18-12-10-9-11-13-18)19(52-28)16-49-27-21(42)23(44)24-20(51-27)17-50-33(6,7)54-24/h8-13,19-28,44H,1,14-17,42H2,2-7H3,(H,43,45)/t19-,20-,21-,22-,23-,24-,25-,26-,27-,28-/m1/s1. The van der Waals surface area contributed by atoms with Gasteiger partial charge in [0.05, 0.1) is 32.5 Å². The van der Waals surface area contributed by atoms with Crippen molar-refractivity contribution in [3.05, 3.63) is 48.6 Å². The molecule has 15 nitrogen and oxygen atoms in total. The Labute approximate surface area is 355 Å². The van der Waals surface area contributed by atoms with Gasteiger partial charge in [0.2, 0.25) is 7.59 Å². The molecular formula is C35H48Cl6N2O13. The van der Waals surface area contributed by atoms with Crippen LogP contribution in [0.3, 0.4) is 0 Å². The number of carbonyl (C=O) groups is 2. The number of hydrogen-bond acceptors (Lipinski definition) is 14. The summed E-state index contributed by atoms with van der Waals surface area (Å²) in [6.07, 6.45) is -10.3. The number of aliphatic hydroxyl groups excluding tert-OH is 1. The quantitative estimate of drug-likeness (QED) is 0.119. The highest BCUT2D eigenvalue weighted by Crippen LogP contribution is 2.42. The van der Waals surface area contributed by atoms with Gasteiger partial charge in [0.25, 0.3) is 0 Å². The van der Waals surface area contributed by atoms with Crippen molar-refractivity contribution in [3.63, 3.8) is 0 Å². The maximum absolute atomic E-state index is 13.6. The Balaban J connectivity index is 1.70. The molecule has 3 aliphatic rings. The second-order valence-electron chi connectivity index (χ2n) is 14.7. The fourth-order valence-corrected chi connectivity index (χ4v) is 5.90. The Morgan fingerprint density at radius 1 is 0.946 bits per heavy atom. The minimum absolute atomic E-state index is 0.0536. The Bertz CT molecular complexity index is 1480. The Morgan fingerprint density at radius 2 is 1.57 bits per heavy atom. The molecule has 1 amide bonds. The Morgan fingerprint density at radius 3 is 2.18 bits per heavy atom. The van der Waals surface area contributed by atoms with E-state index in [1.807, 2.05) is 6.07 Å². The van der Waals surface area contributed by atoms with E-state index in [-0.39, 0.29) is 26.4 Å². The number of ether oxygens (including phenoxy) is 10. The SMILES string of the molecule is C=CCO[C@@H]1O[C@H](CO[C@@H]2O[C@@H]3COC(C)(C)O[C@H]3[C@H](O)[C@H]2N)[C@@H](OCc2ccccc2)[C@H](OC(=O)OC(C)(C)C(Cl)(Cl)Cl)[C@H]1NC(=O)OC(C)(C)C(Cl)(Cl)Cl. The smallest absolute Gasteiger partial charge is 0.439 e. The molecule has 3 heterocycles. The van der Waals surface area contributed by atoms with Crippen molar-refractivity contribution in [1.29, 1.82) is 0 Å². The van der Waals surface area contributed by atoms with Gasteiger partial charge in [-0.2, -0.15) is 0 Å². The van der Waals surface area contributed by atoms with E-state index in [2.05, 4.69) is 11.9 Å². The van der Waals surface area contributed by atoms with Crippen LogP contribution in [0.25, 0.3) is 0 Å². The van der Waals surface area contributed by atoms with Gasteiger partial charge in [-0.05, 0) is 47.1 Å². The third-order valence-corrected chi connectivity index (χ3v) is 11.8. The molecule has 4 N–H and O–H groups in total. The van der Waals surface area contributed by atoms with Gasteiger partial charge in [0.1, 0.15) is 36.6 Å². The van der Waals surface area contributed by atoms with E-state index >= 15 is 0 Å². The van der Waals surface area contributed by atoms with Crippen LogP contribution in [-0.4, -0.2) is 123 Å². The number of nitrogens with two attached hydrogens (primary N) is 1. The molecule has 4 rings (SSSR count). The molecule has 318 valence electrons. The van der Waals surface area contributed by atoms with E-state index < -0.39 is 98.1 Å². The molecule has 1 aromatic rings. The summed E-state index contributed by atoms with van der Waals surface area (Å²) < 4.78 is 55.3. The average Bonchev–Trinajstić information content (AvgIpc) is 3.08. The monoisotopic (exact) mass is 914 g/mol. The number of rotatable bonds is 13. The van der Waals surface area contributed by atoms with Crippen molar-refractivity contribution in [2.45, 2.75) is 134 Å². The highest BCUT2D eigenvalue weighted by molar-refractivity contribution is 6.68. The molecule has 10 atom stereocenters. The second kappa shape index (κ2) is 19.1. The molecule has 3 fully saturated rings. The minimum Gasteiger partial charge on any atom is -0.439 e. The van der Waals surface area contributed by atoms with Crippen LogP contribution in [0.1, 0.15) is 47.1 Å². The third-order valence-electron chi connectivity index (χ3n) is 9.04. The topological polar surface area (TPSA) is 185 Å². The van der Waals surface area contributed by atoms with Gasteiger partial charge in [-0.1, -0.05) is 106 Å². The molecule has 0 radical (unpaired) electrons. The number of alkyl halides is 6. The summed E-state index contributed by atoms with van der Waals surface area (Å²) in [6, 6.07) is 6.52. The summed E-state index contributed by atoms with van der Waals surface area (Å²) in [5.41, 5.74) is 3.75. The maximum atomic E-state index is 13.6. The Kier molecular flexibility index (Phi) is 16.2. The number of aliphatic hydroxyl groups is 1. The first kappa shape index (κ1) is 47.6. The number of fused-ring (bicyclic) bond motifs is 1. The number of carbonyl (C=O) groups excluding carboxylic acids is 2. The van der Waals surface area contributed by atoms with E-state index in [4.69, 9.17) is 123 Å². The van der Waals surface area contributed by atoms with Gasteiger partial charge in [-0.15, -0.1) is 6.58 Å². The predicted octanol–water partition coefficient (Wildman–Crippen LogP) is 5.99. The molecule has 0 aliphatic carbocycles. The molecule has 0 saturated carbocycles. The van der Waals surface area contributed by atoms with Crippen LogP contribution in [0.4, 0.5) is 9.59 Å². The van der Waals surface area contributed by atoms with Crippen LogP contribution in [-0.2, 0) is 54.0 Å². The van der Waals surface area contributed by atoms with Crippen molar-refractivity contribution in [2.75, 3.05) is 19.8 Å². The lowest BCUT2D eigenvalue weighted by Crippen LogP contribution is -2.68. The number of alkyl carbamates (subject to hydrolysis) is 1. The van der Waals surface area contributed by atoms with E-state index in [1.165, 1.54) is 33.8 Å². The zero-order valence-corrected chi connectivity index (χ0v) is 36.0. The average molecular weight is 917 g/mol. The van der Waals surface area contributed by atoms with Crippen molar-refractivity contribution in [2.24, 2.45) is 5.73 Å². The lowest BCUT2D eigenvalue weighted by molar-refractivity contribution is -0.371. The zero-order valence-electron chi connectivity index (χ0n) is 31.5.